The van der Waals surface area contributed by atoms with Gasteiger partial charge in [0, 0.05) is 25.6 Å². The molecule has 0 bridgehead atoms. The van der Waals surface area contributed by atoms with E-state index in [4.69, 9.17) is 0 Å². The molecule has 1 aliphatic carbocycles. The second-order valence-electron chi connectivity index (χ2n) is 7.89. The number of imide groups is 1. The topological polar surface area (TPSA) is 81.8 Å². The molecule has 0 aromatic rings. The fourth-order valence-corrected chi connectivity index (χ4v) is 4.55. The molecule has 0 aromatic carbocycles. The van der Waals surface area contributed by atoms with Crippen LogP contribution >= 0.6 is 0 Å². The molecule has 1 unspecified atom stereocenters. The monoisotopic (exact) mass is 364 g/mol. The van der Waals surface area contributed by atoms with Crippen molar-refractivity contribution >= 4 is 17.8 Å². The van der Waals surface area contributed by atoms with Crippen LogP contribution in [0.5, 0.6) is 0 Å². The van der Waals surface area contributed by atoms with Crippen molar-refractivity contribution in [3.05, 3.63) is 0 Å². The average Bonchev–Trinajstić information content (AvgIpc) is 3.24. The summed E-state index contributed by atoms with van der Waals surface area (Å²) in [7, 11) is 0. The molecule has 3 aliphatic rings. The molecule has 1 spiro atoms. The van der Waals surface area contributed by atoms with Gasteiger partial charge in [0.15, 0.2) is 0 Å². The normalized spacial score (nSPS) is 24.1. The average molecular weight is 364 g/mol. The second kappa shape index (κ2) is 8.37. The Bertz CT molecular complexity index is 539. The molecule has 0 aromatic heterocycles. The first-order valence-corrected chi connectivity index (χ1v) is 10.2. The minimum Gasteiger partial charge on any atom is -0.354 e. The minimum atomic E-state index is -0.700. The number of nitrogens with one attached hydrogen (secondary N) is 2. The van der Waals surface area contributed by atoms with Gasteiger partial charge in [-0.15, -0.1) is 0 Å². The highest BCUT2D eigenvalue weighted by Gasteiger charge is 2.51. The number of hydrogen-bond acceptors (Lipinski definition) is 4. The van der Waals surface area contributed by atoms with Crippen molar-refractivity contribution in [3.63, 3.8) is 0 Å². The van der Waals surface area contributed by atoms with Crippen LogP contribution in [-0.4, -0.2) is 65.4 Å². The summed E-state index contributed by atoms with van der Waals surface area (Å²) in [5, 5.41) is 5.87. The van der Waals surface area contributed by atoms with Gasteiger partial charge in [-0.2, -0.15) is 0 Å². The Hall–Kier alpha value is -1.63. The lowest BCUT2D eigenvalue weighted by atomic mass is 9.82. The fraction of sp³-hybridized carbons (Fsp3) is 0.842. The fourth-order valence-electron chi connectivity index (χ4n) is 4.55. The number of nitrogens with zero attached hydrogens (tertiary/aromatic N) is 2. The Morgan fingerprint density at radius 3 is 2.50 bits per heavy atom. The van der Waals surface area contributed by atoms with Crippen molar-refractivity contribution in [3.8, 4) is 0 Å². The Morgan fingerprint density at radius 1 is 1.15 bits per heavy atom. The molecule has 146 valence electrons. The third kappa shape index (κ3) is 4.03. The van der Waals surface area contributed by atoms with Gasteiger partial charge in [0.2, 0.25) is 5.91 Å². The molecular weight excluding hydrogens is 332 g/mol. The van der Waals surface area contributed by atoms with E-state index in [0.29, 0.717) is 25.4 Å². The molecule has 0 radical (unpaired) electrons. The van der Waals surface area contributed by atoms with E-state index in [1.165, 1.54) is 17.7 Å². The van der Waals surface area contributed by atoms with Gasteiger partial charge in [-0.25, -0.2) is 4.79 Å². The van der Waals surface area contributed by atoms with Crippen LogP contribution in [0, 0.1) is 0 Å². The van der Waals surface area contributed by atoms with Gasteiger partial charge in [0.25, 0.3) is 5.91 Å². The standard InChI is InChI=1S/C19H32N4O3/c1-2-15(22-11-6-7-12-22)14-20-16(24)8-13-23-17(25)19(21-18(23)26)9-4-3-5-10-19/h15H,2-14H2,1H3,(H,20,24)(H,21,26). The molecule has 3 rings (SSSR count). The van der Waals surface area contributed by atoms with E-state index in [1.807, 2.05) is 0 Å². The predicted octanol–water partition coefficient (Wildman–Crippen LogP) is 1.62. The highest BCUT2D eigenvalue weighted by atomic mass is 16.2. The number of rotatable bonds is 7. The van der Waals surface area contributed by atoms with Crippen molar-refractivity contribution < 1.29 is 14.4 Å². The highest BCUT2D eigenvalue weighted by Crippen LogP contribution is 2.33. The third-order valence-electron chi connectivity index (χ3n) is 6.18. The van der Waals surface area contributed by atoms with Gasteiger partial charge in [0.05, 0.1) is 0 Å². The van der Waals surface area contributed by atoms with Crippen LogP contribution in [0.4, 0.5) is 4.79 Å². The lowest BCUT2D eigenvalue weighted by Gasteiger charge is -2.30. The van der Waals surface area contributed by atoms with Gasteiger partial charge in [-0.05, 0) is 45.2 Å². The largest absolute Gasteiger partial charge is 0.354 e. The molecule has 7 nitrogen and oxygen atoms in total. The number of urea groups is 1. The maximum atomic E-state index is 12.7. The van der Waals surface area contributed by atoms with Crippen LogP contribution in [0.3, 0.4) is 0 Å². The zero-order valence-corrected chi connectivity index (χ0v) is 15.9. The molecule has 2 aliphatic heterocycles. The predicted molar refractivity (Wildman–Crippen MR) is 98.6 cm³/mol. The van der Waals surface area contributed by atoms with Crippen LogP contribution in [0.2, 0.25) is 0 Å². The van der Waals surface area contributed by atoms with Crippen molar-refractivity contribution in [1.82, 2.24) is 20.4 Å². The minimum absolute atomic E-state index is 0.0900. The van der Waals surface area contributed by atoms with Crippen LogP contribution < -0.4 is 10.6 Å². The van der Waals surface area contributed by atoms with Crippen LogP contribution in [0.1, 0.15) is 64.7 Å². The summed E-state index contributed by atoms with van der Waals surface area (Å²) < 4.78 is 0. The van der Waals surface area contributed by atoms with Gasteiger partial charge in [0.1, 0.15) is 5.54 Å². The Kier molecular flexibility index (Phi) is 6.16. The number of likely N-dealkylation sites (tertiary alicyclic amines) is 1. The zero-order valence-electron chi connectivity index (χ0n) is 15.9. The van der Waals surface area contributed by atoms with Crippen molar-refractivity contribution in [1.29, 1.82) is 0 Å². The number of carbonyl (C=O) groups is 3. The van der Waals surface area contributed by atoms with E-state index in [9.17, 15) is 14.4 Å². The first-order valence-electron chi connectivity index (χ1n) is 10.2. The van der Waals surface area contributed by atoms with E-state index in [-0.39, 0.29) is 30.8 Å². The lowest BCUT2D eigenvalue weighted by Crippen LogP contribution is -2.48. The molecule has 2 saturated heterocycles. The number of carbonyl (C=O) groups excluding carboxylic acids is 3. The summed E-state index contributed by atoms with van der Waals surface area (Å²) in [4.78, 5) is 40.8. The molecule has 26 heavy (non-hydrogen) atoms. The highest BCUT2D eigenvalue weighted by molar-refractivity contribution is 6.07. The quantitative estimate of drug-likeness (QED) is 0.673. The zero-order chi connectivity index (χ0) is 18.6. The molecule has 1 atom stereocenters. The van der Waals surface area contributed by atoms with Crippen molar-refractivity contribution in [2.75, 3.05) is 26.2 Å². The van der Waals surface area contributed by atoms with Crippen LogP contribution in [0.15, 0.2) is 0 Å². The number of hydrogen-bond donors (Lipinski definition) is 2. The molecule has 2 heterocycles. The molecule has 4 amide bonds. The van der Waals surface area contributed by atoms with Gasteiger partial charge < -0.3 is 10.6 Å². The summed E-state index contributed by atoms with van der Waals surface area (Å²) in [6, 6.07) is 0.0388. The molecular formula is C19H32N4O3. The molecule has 2 N–H and O–H groups in total. The van der Waals surface area contributed by atoms with Gasteiger partial charge >= 0.3 is 6.03 Å². The third-order valence-corrected chi connectivity index (χ3v) is 6.18. The Labute approximate surface area is 155 Å². The summed E-state index contributed by atoms with van der Waals surface area (Å²) >= 11 is 0. The Morgan fingerprint density at radius 2 is 1.85 bits per heavy atom. The van der Waals surface area contributed by atoms with Crippen molar-refractivity contribution in [2.45, 2.75) is 76.3 Å². The number of amides is 4. The molecule has 7 heteroatoms. The van der Waals surface area contributed by atoms with Gasteiger partial charge in [-0.1, -0.05) is 26.2 Å². The first kappa shape index (κ1) is 19.1. The molecule has 1 saturated carbocycles. The summed E-state index contributed by atoms with van der Waals surface area (Å²) in [6.45, 7) is 5.17. The summed E-state index contributed by atoms with van der Waals surface area (Å²) in [5.74, 6) is -0.230. The van der Waals surface area contributed by atoms with E-state index < -0.39 is 5.54 Å². The Balaban J connectivity index is 1.45. The maximum absolute atomic E-state index is 12.7. The van der Waals surface area contributed by atoms with Crippen molar-refractivity contribution in [2.24, 2.45) is 0 Å². The van der Waals surface area contributed by atoms with E-state index >= 15 is 0 Å². The summed E-state index contributed by atoms with van der Waals surface area (Å²) in [5.41, 5.74) is -0.700. The first-order chi connectivity index (χ1) is 12.6. The van der Waals surface area contributed by atoms with E-state index in [2.05, 4.69) is 22.5 Å². The molecule has 3 fully saturated rings. The SMILES string of the molecule is CCC(CNC(=O)CCN1C(=O)NC2(CCCCC2)C1=O)N1CCCC1. The lowest BCUT2D eigenvalue weighted by molar-refractivity contribution is -0.132. The van der Waals surface area contributed by atoms with Gasteiger partial charge in [-0.3, -0.25) is 19.4 Å². The van der Waals surface area contributed by atoms with E-state index in [1.54, 1.807) is 0 Å². The maximum Gasteiger partial charge on any atom is 0.325 e. The summed E-state index contributed by atoms with van der Waals surface area (Å²) in [6.07, 6.45) is 8.13. The van der Waals surface area contributed by atoms with E-state index in [0.717, 1.165) is 38.8 Å². The van der Waals surface area contributed by atoms with Crippen LogP contribution in [0.25, 0.3) is 0 Å². The smallest absolute Gasteiger partial charge is 0.325 e. The second-order valence-corrected chi connectivity index (χ2v) is 7.89. The van der Waals surface area contributed by atoms with Crippen LogP contribution in [-0.2, 0) is 9.59 Å².